The van der Waals surface area contributed by atoms with Gasteiger partial charge in [-0.2, -0.15) is 15.0 Å². The van der Waals surface area contributed by atoms with Crippen molar-refractivity contribution in [3.63, 3.8) is 0 Å². The van der Waals surface area contributed by atoms with Gasteiger partial charge >= 0.3 is 0 Å². The van der Waals surface area contributed by atoms with E-state index in [0.29, 0.717) is 11.4 Å². The van der Waals surface area contributed by atoms with Crippen LogP contribution in [0.4, 0.5) is 11.9 Å². The fourth-order valence-electron chi connectivity index (χ4n) is 4.18. The van der Waals surface area contributed by atoms with Crippen molar-refractivity contribution in [3.05, 3.63) is 41.2 Å². The summed E-state index contributed by atoms with van der Waals surface area (Å²) in [4.78, 5) is 17.6. The molecule has 0 saturated heterocycles. The van der Waals surface area contributed by atoms with E-state index in [2.05, 4.69) is 51.0 Å². The first-order chi connectivity index (χ1) is 12.0. The van der Waals surface area contributed by atoms with Gasteiger partial charge in [-0.15, -0.1) is 0 Å². The maximum absolute atomic E-state index is 5.92. The Morgan fingerprint density at radius 1 is 1.16 bits per heavy atom. The molecule has 132 valence electrons. The minimum Gasteiger partial charge on any atom is -0.368 e. The zero-order valence-electron chi connectivity index (χ0n) is 15.2. The molecule has 2 N–H and O–H groups in total. The molecule has 1 unspecified atom stereocenters. The smallest absolute Gasteiger partial charge is 0.229 e. The third-order valence-electron chi connectivity index (χ3n) is 5.76. The van der Waals surface area contributed by atoms with Gasteiger partial charge in [0.15, 0.2) is 5.82 Å². The van der Waals surface area contributed by atoms with Gasteiger partial charge in [-0.05, 0) is 30.9 Å². The van der Waals surface area contributed by atoms with E-state index in [4.69, 9.17) is 5.73 Å². The fraction of sp³-hybridized carbons (Fsp3) is 0.526. The van der Waals surface area contributed by atoms with Crippen molar-refractivity contribution in [2.24, 2.45) is 0 Å². The lowest BCUT2D eigenvalue weighted by atomic mass is 9.61. The molecule has 2 aromatic rings. The number of anilines is 2. The maximum Gasteiger partial charge on any atom is 0.229 e. The number of aromatic nitrogens is 3. The van der Waals surface area contributed by atoms with Crippen LogP contribution in [-0.4, -0.2) is 40.5 Å². The Balaban J connectivity index is 1.67. The molecule has 0 radical (unpaired) electrons. The van der Waals surface area contributed by atoms with Gasteiger partial charge < -0.3 is 10.6 Å². The first kappa shape index (κ1) is 16.3. The number of hydrogen-bond donors (Lipinski definition) is 1. The van der Waals surface area contributed by atoms with Crippen LogP contribution in [-0.2, 0) is 12.0 Å². The van der Waals surface area contributed by atoms with E-state index in [1.54, 1.807) is 5.56 Å². The summed E-state index contributed by atoms with van der Waals surface area (Å²) >= 11 is 0. The van der Waals surface area contributed by atoms with Crippen LogP contribution in [0.15, 0.2) is 24.3 Å². The highest BCUT2D eigenvalue weighted by Crippen LogP contribution is 2.49. The Labute approximate surface area is 149 Å². The molecule has 4 rings (SSSR count). The van der Waals surface area contributed by atoms with Crippen molar-refractivity contribution in [3.8, 4) is 0 Å². The lowest BCUT2D eigenvalue weighted by Crippen LogP contribution is -2.50. The molecule has 1 aliphatic carbocycles. The summed E-state index contributed by atoms with van der Waals surface area (Å²) in [6, 6.07) is 9.01. The standard InChI is InChI=1S/C19H26N6/c1-13(16-21-17(20)23-18(22-16)24(2)3)25-11-14-7-4-5-8-15(14)19(12-25)9-6-10-19/h4-5,7-8,13H,6,9-12H2,1-3H3,(H2,20,21,22,23). The number of nitrogen functional groups attached to an aromatic ring is 1. The number of benzene rings is 1. The van der Waals surface area contributed by atoms with E-state index >= 15 is 0 Å². The van der Waals surface area contributed by atoms with Gasteiger partial charge in [0.25, 0.3) is 0 Å². The second-order valence-corrected chi connectivity index (χ2v) is 7.62. The molecule has 6 nitrogen and oxygen atoms in total. The molecule has 1 saturated carbocycles. The van der Waals surface area contributed by atoms with Gasteiger partial charge in [-0.3, -0.25) is 4.90 Å². The van der Waals surface area contributed by atoms with Crippen LogP contribution in [0.5, 0.6) is 0 Å². The van der Waals surface area contributed by atoms with Crippen molar-refractivity contribution >= 4 is 11.9 Å². The summed E-state index contributed by atoms with van der Waals surface area (Å²) in [5, 5.41) is 0. The van der Waals surface area contributed by atoms with Gasteiger partial charge in [-0.1, -0.05) is 30.7 Å². The molecule has 1 spiro atoms. The first-order valence-corrected chi connectivity index (χ1v) is 9.00. The van der Waals surface area contributed by atoms with E-state index in [1.807, 2.05) is 19.0 Å². The van der Waals surface area contributed by atoms with Crippen LogP contribution in [0.2, 0.25) is 0 Å². The molecule has 0 bridgehead atoms. The summed E-state index contributed by atoms with van der Waals surface area (Å²) in [6.07, 6.45) is 3.87. The molecule has 1 fully saturated rings. The monoisotopic (exact) mass is 338 g/mol. The summed E-state index contributed by atoms with van der Waals surface area (Å²) in [5.74, 6) is 1.66. The molecule has 6 heteroatoms. The Hall–Kier alpha value is -2.21. The van der Waals surface area contributed by atoms with Crippen LogP contribution >= 0.6 is 0 Å². The predicted molar refractivity (Wildman–Crippen MR) is 99.4 cm³/mol. The van der Waals surface area contributed by atoms with Crippen molar-refractivity contribution in [1.82, 2.24) is 19.9 Å². The molecule has 2 aliphatic rings. The first-order valence-electron chi connectivity index (χ1n) is 9.00. The molecular weight excluding hydrogens is 312 g/mol. The average Bonchev–Trinajstić information content (AvgIpc) is 2.58. The average molecular weight is 338 g/mol. The van der Waals surface area contributed by atoms with E-state index in [9.17, 15) is 0 Å². The van der Waals surface area contributed by atoms with Crippen LogP contribution in [0.25, 0.3) is 0 Å². The zero-order chi connectivity index (χ0) is 17.6. The van der Waals surface area contributed by atoms with Gasteiger partial charge in [0.1, 0.15) is 0 Å². The molecule has 1 aliphatic heterocycles. The minimum atomic E-state index is 0.106. The highest BCUT2D eigenvalue weighted by atomic mass is 15.3. The Morgan fingerprint density at radius 2 is 1.92 bits per heavy atom. The second kappa shape index (κ2) is 5.95. The van der Waals surface area contributed by atoms with E-state index < -0.39 is 0 Å². The molecule has 0 amide bonds. The lowest BCUT2D eigenvalue weighted by Gasteiger charge is -2.51. The summed E-state index contributed by atoms with van der Waals surface area (Å²) < 4.78 is 0. The molecule has 1 aromatic heterocycles. The summed E-state index contributed by atoms with van der Waals surface area (Å²) in [5.41, 5.74) is 9.23. The van der Waals surface area contributed by atoms with E-state index in [0.717, 1.165) is 18.9 Å². The Morgan fingerprint density at radius 3 is 2.60 bits per heavy atom. The largest absolute Gasteiger partial charge is 0.368 e. The number of hydrogen-bond acceptors (Lipinski definition) is 6. The topological polar surface area (TPSA) is 71.2 Å². The van der Waals surface area contributed by atoms with Crippen LogP contribution < -0.4 is 10.6 Å². The minimum absolute atomic E-state index is 0.106. The predicted octanol–water partition coefficient (Wildman–Crippen LogP) is 2.52. The third kappa shape index (κ3) is 2.74. The summed E-state index contributed by atoms with van der Waals surface area (Å²) in [7, 11) is 3.84. The van der Waals surface area contributed by atoms with Gasteiger partial charge in [0, 0.05) is 32.6 Å². The van der Waals surface area contributed by atoms with Gasteiger partial charge in [-0.25, -0.2) is 0 Å². The van der Waals surface area contributed by atoms with Crippen molar-refractivity contribution in [2.45, 2.75) is 44.2 Å². The van der Waals surface area contributed by atoms with E-state index in [1.165, 1.54) is 24.8 Å². The van der Waals surface area contributed by atoms with Crippen LogP contribution in [0, 0.1) is 0 Å². The quantitative estimate of drug-likeness (QED) is 0.927. The van der Waals surface area contributed by atoms with Crippen LogP contribution in [0.1, 0.15) is 49.2 Å². The molecule has 1 atom stereocenters. The fourth-order valence-corrected chi connectivity index (χ4v) is 4.18. The van der Waals surface area contributed by atoms with Crippen molar-refractivity contribution < 1.29 is 0 Å². The third-order valence-corrected chi connectivity index (χ3v) is 5.76. The lowest BCUT2D eigenvalue weighted by molar-refractivity contribution is 0.0811. The number of fused-ring (bicyclic) bond motifs is 2. The van der Waals surface area contributed by atoms with Crippen molar-refractivity contribution in [1.29, 1.82) is 0 Å². The molecule has 25 heavy (non-hydrogen) atoms. The zero-order valence-corrected chi connectivity index (χ0v) is 15.2. The normalized spacial score (nSPS) is 20.0. The van der Waals surface area contributed by atoms with Crippen molar-refractivity contribution in [2.75, 3.05) is 31.3 Å². The molecular formula is C19H26N6. The van der Waals surface area contributed by atoms with Gasteiger partial charge in [0.05, 0.1) is 6.04 Å². The highest BCUT2D eigenvalue weighted by Gasteiger charge is 2.45. The molecule has 2 heterocycles. The van der Waals surface area contributed by atoms with Gasteiger partial charge in [0.2, 0.25) is 11.9 Å². The number of rotatable bonds is 3. The Bertz CT molecular complexity index is 783. The SMILES string of the molecule is CC(c1nc(N)nc(N(C)C)n1)N1Cc2ccccc2C2(CCC2)C1. The van der Waals surface area contributed by atoms with Crippen LogP contribution in [0.3, 0.4) is 0 Å². The second-order valence-electron chi connectivity index (χ2n) is 7.62. The van der Waals surface area contributed by atoms with E-state index in [-0.39, 0.29) is 12.0 Å². The number of nitrogens with zero attached hydrogens (tertiary/aromatic N) is 5. The highest BCUT2D eigenvalue weighted by molar-refractivity contribution is 5.39. The molecule has 1 aromatic carbocycles. The number of nitrogens with two attached hydrogens (primary N) is 1. The Kier molecular flexibility index (Phi) is 3.87. The maximum atomic E-state index is 5.92. The summed E-state index contributed by atoms with van der Waals surface area (Å²) in [6.45, 7) is 4.17.